The molecule has 2 rings (SSSR count). The van der Waals surface area contributed by atoms with Crippen LogP contribution in [0.1, 0.15) is 0 Å². The first kappa shape index (κ1) is 8.36. The van der Waals surface area contributed by atoms with E-state index in [-0.39, 0.29) is 17.0 Å². The highest BCUT2D eigenvalue weighted by Crippen LogP contribution is 2.32. The van der Waals surface area contributed by atoms with Crippen LogP contribution in [0, 0.1) is 10.1 Å². The Labute approximate surface area is 77.6 Å². The van der Waals surface area contributed by atoms with Crippen LogP contribution in [0.3, 0.4) is 0 Å². The van der Waals surface area contributed by atoms with Crippen LogP contribution in [0.4, 0.5) is 5.69 Å². The van der Waals surface area contributed by atoms with E-state index >= 15 is 0 Å². The summed E-state index contributed by atoms with van der Waals surface area (Å²) in [7, 11) is 0. The first-order chi connectivity index (χ1) is 6.59. The number of nitrogens with zero attached hydrogens (tertiary/aromatic N) is 1. The minimum atomic E-state index is -0.594. The van der Waals surface area contributed by atoms with Gasteiger partial charge in [0.1, 0.15) is 0 Å². The zero-order valence-corrected chi connectivity index (χ0v) is 6.85. The molecule has 0 saturated carbocycles. The zero-order chi connectivity index (χ0) is 10.3. The zero-order valence-electron chi connectivity index (χ0n) is 6.85. The van der Waals surface area contributed by atoms with Crippen LogP contribution in [0.25, 0.3) is 10.8 Å². The Morgan fingerprint density at radius 3 is 2.71 bits per heavy atom. The fourth-order valence-electron chi connectivity index (χ4n) is 1.28. The van der Waals surface area contributed by atoms with Gasteiger partial charge in [-0.25, -0.2) is 0 Å². The molecule has 72 valence electrons. The average Bonchev–Trinajstić information content (AvgIpc) is 2.42. The number of nitro benzene ring substituents is 1. The highest BCUT2D eigenvalue weighted by molar-refractivity contribution is 5.93. The number of hydrogen-bond acceptors (Lipinski definition) is 4. The highest BCUT2D eigenvalue weighted by Gasteiger charge is 2.09. The van der Waals surface area contributed by atoms with E-state index in [1.807, 2.05) is 0 Å². The van der Waals surface area contributed by atoms with Crippen molar-refractivity contribution in [1.29, 1.82) is 0 Å². The number of fused-ring (bicyclic) bond motifs is 1. The molecule has 6 nitrogen and oxygen atoms in total. The third kappa shape index (κ3) is 1.05. The van der Waals surface area contributed by atoms with Gasteiger partial charge in [0.15, 0.2) is 5.88 Å². The fraction of sp³-hybridized carbons (Fsp3) is 0. The van der Waals surface area contributed by atoms with E-state index in [0.29, 0.717) is 5.39 Å². The number of benzene rings is 1. The second kappa shape index (κ2) is 2.63. The fourth-order valence-corrected chi connectivity index (χ4v) is 1.28. The number of nitrogens with one attached hydrogen (secondary N) is 1. The van der Waals surface area contributed by atoms with Gasteiger partial charge >= 0.3 is 0 Å². The van der Waals surface area contributed by atoms with Crippen molar-refractivity contribution in [3.05, 3.63) is 28.3 Å². The van der Waals surface area contributed by atoms with Gasteiger partial charge < -0.3 is 15.2 Å². The first-order valence-corrected chi connectivity index (χ1v) is 3.75. The second-order valence-electron chi connectivity index (χ2n) is 2.79. The lowest BCUT2D eigenvalue weighted by Crippen LogP contribution is -1.90. The summed E-state index contributed by atoms with van der Waals surface area (Å²) < 4.78 is 0. The van der Waals surface area contributed by atoms with Crippen LogP contribution in [-0.4, -0.2) is 15.0 Å². The Bertz CT molecular complexity index is 517. The topological polar surface area (TPSA) is 102 Å². The molecule has 0 unspecified atom stereocenters. The third-order valence-electron chi connectivity index (χ3n) is 1.95. The largest absolute Gasteiger partial charge is 0.860 e. The summed E-state index contributed by atoms with van der Waals surface area (Å²) in [6.45, 7) is 0. The number of aromatic nitrogens is 1. The monoisotopic (exact) mass is 193 g/mol. The first-order valence-electron chi connectivity index (χ1n) is 3.75. The predicted octanol–water partition coefficient (Wildman–Crippen LogP) is 0.855. The SMILES string of the molecule is O=[N+]([O-])c1ccc2c(O)[nH]c([O-])c2c1. The minimum absolute atomic E-state index is 0.122. The normalized spacial score (nSPS) is 10.6. The van der Waals surface area contributed by atoms with Crippen LogP contribution in [-0.2, 0) is 0 Å². The van der Waals surface area contributed by atoms with Crippen molar-refractivity contribution < 1.29 is 15.1 Å². The second-order valence-corrected chi connectivity index (χ2v) is 2.79. The standard InChI is InChI=1S/C8H6N2O4/c11-7-5-2-1-4(10(13)14)3-6(5)8(12)9-7/h1-3,9,11-12H/p-1. The summed E-state index contributed by atoms with van der Waals surface area (Å²) in [6.07, 6.45) is 0. The van der Waals surface area contributed by atoms with Crippen LogP contribution in [0.2, 0.25) is 0 Å². The number of hydrogen-bond donors (Lipinski definition) is 2. The van der Waals surface area contributed by atoms with Gasteiger partial charge in [0.25, 0.3) is 5.69 Å². The molecule has 2 N–H and O–H groups in total. The number of aromatic amines is 1. The van der Waals surface area contributed by atoms with Crippen LogP contribution in [0.5, 0.6) is 11.8 Å². The summed E-state index contributed by atoms with van der Waals surface area (Å²) in [5.74, 6) is -0.791. The Morgan fingerprint density at radius 1 is 1.36 bits per heavy atom. The summed E-state index contributed by atoms with van der Waals surface area (Å²) in [5.41, 5.74) is -0.173. The van der Waals surface area contributed by atoms with E-state index in [1.54, 1.807) is 0 Å². The molecule has 0 amide bonds. The lowest BCUT2D eigenvalue weighted by atomic mass is 10.2. The summed E-state index contributed by atoms with van der Waals surface area (Å²) in [6, 6.07) is 3.70. The number of aromatic hydroxyl groups is 1. The van der Waals surface area contributed by atoms with Gasteiger partial charge in [-0.1, -0.05) is 0 Å². The summed E-state index contributed by atoms with van der Waals surface area (Å²) in [5, 5.41) is 31.1. The van der Waals surface area contributed by atoms with Crippen molar-refractivity contribution in [2.45, 2.75) is 0 Å². The van der Waals surface area contributed by atoms with Crippen molar-refractivity contribution in [3.8, 4) is 11.8 Å². The molecule has 6 heteroatoms. The maximum Gasteiger partial charge on any atom is 0.270 e. The molecule has 1 aromatic carbocycles. The Hall–Kier alpha value is -2.24. The van der Waals surface area contributed by atoms with E-state index < -0.39 is 10.8 Å². The molecule has 0 saturated heterocycles. The van der Waals surface area contributed by atoms with Crippen molar-refractivity contribution in [2.75, 3.05) is 0 Å². The molecule has 0 aliphatic rings. The van der Waals surface area contributed by atoms with Gasteiger partial charge in [0, 0.05) is 22.9 Å². The van der Waals surface area contributed by atoms with Crippen LogP contribution in [0.15, 0.2) is 18.2 Å². The molecule has 0 spiro atoms. The van der Waals surface area contributed by atoms with Gasteiger partial charge in [-0.15, -0.1) is 0 Å². The van der Waals surface area contributed by atoms with E-state index in [2.05, 4.69) is 4.98 Å². The van der Waals surface area contributed by atoms with Gasteiger partial charge in [-0.2, -0.15) is 0 Å². The lowest BCUT2D eigenvalue weighted by molar-refractivity contribution is -0.384. The minimum Gasteiger partial charge on any atom is -0.860 e. The summed E-state index contributed by atoms with van der Waals surface area (Å²) >= 11 is 0. The Morgan fingerprint density at radius 2 is 2.07 bits per heavy atom. The molecule has 0 fully saturated rings. The number of non-ortho nitro benzene ring substituents is 1. The molecule has 0 bridgehead atoms. The number of nitro groups is 1. The maximum atomic E-state index is 11.1. The van der Waals surface area contributed by atoms with E-state index in [9.17, 15) is 20.3 Å². The molecule has 0 radical (unpaired) electrons. The Balaban J connectivity index is 2.77. The van der Waals surface area contributed by atoms with Crippen LogP contribution < -0.4 is 5.11 Å². The molecule has 14 heavy (non-hydrogen) atoms. The highest BCUT2D eigenvalue weighted by atomic mass is 16.6. The quantitative estimate of drug-likeness (QED) is 0.517. The maximum absolute atomic E-state index is 11.1. The molecule has 1 heterocycles. The predicted molar refractivity (Wildman–Crippen MR) is 46.1 cm³/mol. The van der Waals surface area contributed by atoms with Crippen molar-refractivity contribution in [3.63, 3.8) is 0 Å². The molecule has 1 aromatic heterocycles. The Kier molecular flexibility index (Phi) is 1.57. The number of H-pyrrole nitrogens is 1. The van der Waals surface area contributed by atoms with Crippen LogP contribution >= 0.6 is 0 Å². The smallest absolute Gasteiger partial charge is 0.270 e. The molecule has 2 aromatic rings. The molecular weight excluding hydrogens is 188 g/mol. The molecule has 0 atom stereocenters. The number of rotatable bonds is 1. The van der Waals surface area contributed by atoms with E-state index in [4.69, 9.17) is 0 Å². The molecule has 0 aliphatic heterocycles. The molecular formula is C8H5N2O4-. The van der Waals surface area contributed by atoms with Crippen molar-refractivity contribution in [1.82, 2.24) is 4.98 Å². The molecule has 0 aliphatic carbocycles. The van der Waals surface area contributed by atoms with Gasteiger partial charge in [0.05, 0.1) is 4.92 Å². The van der Waals surface area contributed by atoms with E-state index in [0.717, 1.165) is 6.07 Å². The van der Waals surface area contributed by atoms with Gasteiger partial charge in [0.2, 0.25) is 0 Å². The third-order valence-corrected chi connectivity index (χ3v) is 1.95. The van der Waals surface area contributed by atoms with Crippen molar-refractivity contribution in [2.24, 2.45) is 0 Å². The average molecular weight is 193 g/mol. The van der Waals surface area contributed by atoms with Gasteiger partial charge in [-0.05, 0) is 11.9 Å². The van der Waals surface area contributed by atoms with Gasteiger partial charge in [-0.3, -0.25) is 10.1 Å². The van der Waals surface area contributed by atoms with Crippen molar-refractivity contribution >= 4 is 16.5 Å². The summed E-state index contributed by atoms with van der Waals surface area (Å²) in [4.78, 5) is 12.0. The van der Waals surface area contributed by atoms with E-state index in [1.165, 1.54) is 12.1 Å². The lowest BCUT2D eigenvalue weighted by Gasteiger charge is -1.99.